The topological polar surface area (TPSA) is 78.5 Å². The number of aryl methyl sites for hydroxylation is 2. The Hall–Kier alpha value is -2.38. The molecule has 156 valence electrons. The molecule has 1 fully saturated rings. The van der Waals surface area contributed by atoms with Gasteiger partial charge in [0.05, 0.1) is 10.6 Å². The van der Waals surface area contributed by atoms with Crippen molar-refractivity contribution < 1.29 is 13.2 Å². The second kappa shape index (κ2) is 9.41. The lowest BCUT2D eigenvalue weighted by Gasteiger charge is -2.26. The van der Waals surface area contributed by atoms with Crippen LogP contribution < -0.4 is 10.0 Å². The number of anilines is 1. The number of hydrogen-bond donors (Lipinski definition) is 2. The van der Waals surface area contributed by atoms with E-state index in [4.69, 9.17) is 0 Å². The van der Waals surface area contributed by atoms with Crippen molar-refractivity contribution >= 4 is 21.6 Å². The van der Waals surface area contributed by atoms with Crippen molar-refractivity contribution in [2.24, 2.45) is 0 Å². The monoisotopic (exact) mass is 415 g/mol. The summed E-state index contributed by atoms with van der Waals surface area (Å²) in [7, 11) is -3.67. The van der Waals surface area contributed by atoms with Crippen molar-refractivity contribution in [3.8, 4) is 0 Å². The zero-order valence-electron chi connectivity index (χ0n) is 17.1. The Bertz CT molecular complexity index is 950. The molecule has 29 heavy (non-hydrogen) atoms. The molecule has 0 radical (unpaired) electrons. The summed E-state index contributed by atoms with van der Waals surface area (Å²) in [6.45, 7) is 7.37. The van der Waals surface area contributed by atoms with E-state index < -0.39 is 10.0 Å². The molecule has 1 heterocycles. The maximum Gasteiger partial charge on any atom is 0.261 e. The van der Waals surface area contributed by atoms with Gasteiger partial charge in [0.15, 0.2) is 0 Å². The van der Waals surface area contributed by atoms with E-state index in [-0.39, 0.29) is 10.8 Å². The minimum atomic E-state index is -3.67. The minimum absolute atomic E-state index is 0.141. The number of hydrogen-bond acceptors (Lipinski definition) is 4. The first kappa shape index (κ1) is 21.3. The molecule has 2 aromatic carbocycles. The molecule has 0 bridgehead atoms. The molecular formula is C22H29N3O3S. The number of carbonyl (C=O) groups excluding carboxylic acids is 1. The third kappa shape index (κ3) is 5.81. The lowest BCUT2D eigenvalue weighted by atomic mass is 10.1. The maximum atomic E-state index is 12.6. The molecule has 0 unspecified atom stereocenters. The predicted octanol–water partition coefficient (Wildman–Crippen LogP) is 3.32. The van der Waals surface area contributed by atoms with Gasteiger partial charge in [0.1, 0.15) is 0 Å². The number of piperidine rings is 1. The van der Waals surface area contributed by atoms with E-state index in [9.17, 15) is 13.2 Å². The van der Waals surface area contributed by atoms with Crippen molar-refractivity contribution in [1.29, 1.82) is 0 Å². The van der Waals surface area contributed by atoms with Crippen LogP contribution in [-0.2, 0) is 10.0 Å². The summed E-state index contributed by atoms with van der Waals surface area (Å²) in [5.74, 6) is -0.141. The average Bonchev–Trinajstić information content (AvgIpc) is 2.70. The third-order valence-electron chi connectivity index (χ3n) is 5.23. The normalized spacial score (nSPS) is 15.1. The summed E-state index contributed by atoms with van der Waals surface area (Å²) in [4.78, 5) is 15.0. The van der Waals surface area contributed by atoms with Gasteiger partial charge < -0.3 is 10.2 Å². The van der Waals surface area contributed by atoms with Gasteiger partial charge in [0.2, 0.25) is 0 Å². The van der Waals surface area contributed by atoms with Crippen LogP contribution >= 0.6 is 0 Å². The summed E-state index contributed by atoms with van der Waals surface area (Å²) in [5, 5.41) is 2.95. The van der Waals surface area contributed by atoms with Crippen LogP contribution in [0.1, 0.15) is 40.7 Å². The van der Waals surface area contributed by atoms with Gasteiger partial charge in [-0.15, -0.1) is 0 Å². The molecule has 0 aliphatic carbocycles. The molecule has 0 saturated carbocycles. The molecule has 1 aliphatic heterocycles. The smallest absolute Gasteiger partial charge is 0.261 e. The average molecular weight is 416 g/mol. The van der Waals surface area contributed by atoms with Crippen LogP contribution in [0, 0.1) is 13.8 Å². The molecule has 0 atom stereocenters. The van der Waals surface area contributed by atoms with Crippen LogP contribution in [0.25, 0.3) is 0 Å². The molecule has 1 saturated heterocycles. The Morgan fingerprint density at radius 2 is 1.69 bits per heavy atom. The van der Waals surface area contributed by atoms with Crippen LogP contribution in [0.15, 0.2) is 47.4 Å². The zero-order valence-corrected chi connectivity index (χ0v) is 17.9. The van der Waals surface area contributed by atoms with Crippen molar-refractivity contribution in [3.63, 3.8) is 0 Å². The summed E-state index contributed by atoms with van der Waals surface area (Å²) < 4.78 is 27.8. The first-order valence-electron chi connectivity index (χ1n) is 10.1. The molecule has 2 N–H and O–H groups in total. The zero-order chi connectivity index (χ0) is 20.9. The molecule has 2 aromatic rings. The van der Waals surface area contributed by atoms with E-state index in [0.717, 1.165) is 25.2 Å². The van der Waals surface area contributed by atoms with E-state index in [0.29, 0.717) is 23.4 Å². The number of nitrogens with one attached hydrogen (secondary N) is 2. The molecule has 6 nitrogen and oxygen atoms in total. The highest BCUT2D eigenvalue weighted by molar-refractivity contribution is 7.92. The summed E-state index contributed by atoms with van der Waals surface area (Å²) in [6.07, 6.45) is 3.75. The van der Waals surface area contributed by atoms with Crippen LogP contribution in [0.3, 0.4) is 0 Å². The van der Waals surface area contributed by atoms with Gasteiger partial charge in [-0.05, 0) is 75.7 Å². The van der Waals surface area contributed by atoms with Crippen LogP contribution in [0.5, 0.6) is 0 Å². The Morgan fingerprint density at radius 3 is 2.34 bits per heavy atom. The molecule has 3 rings (SSSR count). The van der Waals surface area contributed by atoms with Crippen molar-refractivity contribution in [2.45, 2.75) is 38.0 Å². The van der Waals surface area contributed by atoms with E-state index >= 15 is 0 Å². The highest BCUT2D eigenvalue weighted by Gasteiger charge is 2.16. The van der Waals surface area contributed by atoms with E-state index in [2.05, 4.69) is 14.9 Å². The number of likely N-dealkylation sites (tertiary alicyclic amines) is 1. The van der Waals surface area contributed by atoms with Gasteiger partial charge in [-0.25, -0.2) is 8.42 Å². The Morgan fingerprint density at radius 1 is 1.00 bits per heavy atom. The van der Waals surface area contributed by atoms with Crippen molar-refractivity contribution in [3.05, 3.63) is 59.2 Å². The Kier molecular flexibility index (Phi) is 6.92. The number of nitrogens with zero attached hydrogens (tertiary/aromatic N) is 1. The minimum Gasteiger partial charge on any atom is -0.351 e. The van der Waals surface area contributed by atoms with Gasteiger partial charge in [-0.3, -0.25) is 9.52 Å². The maximum absolute atomic E-state index is 12.6. The number of carbonyl (C=O) groups is 1. The number of benzene rings is 2. The largest absolute Gasteiger partial charge is 0.351 e. The SMILES string of the molecule is Cc1ccc(S(=O)(=O)Nc2ccc(C(=O)NCCN3CCCCC3)cc2C)cc1. The van der Waals surface area contributed by atoms with Gasteiger partial charge in [-0.2, -0.15) is 0 Å². The first-order chi connectivity index (χ1) is 13.8. The van der Waals surface area contributed by atoms with Gasteiger partial charge >= 0.3 is 0 Å². The fourth-order valence-electron chi connectivity index (χ4n) is 3.45. The fourth-order valence-corrected chi connectivity index (χ4v) is 4.58. The standard InChI is InChI=1S/C22H29N3O3S/c1-17-6-9-20(10-7-17)29(27,28)24-21-11-8-19(16-18(21)2)22(26)23-12-15-25-13-4-3-5-14-25/h6-11,16,24H,3-5,12-15H2,1-2H3,(H,23,26). The lowest BCUT2D eigenvalue weighted by molar-refractivity contribution is 0.0946. The van der Waals surface area contributed by atoms with Gasteiger partial charge in [0.25, 0.3) is 15.9 Å². The van der Waals surface area contributed by atoms with Crippen molar-refractivity contribution in [1.82, 2.24) is 10.2 Å². The molecule has 0 aromatic heterocycles. The van der Waals surface area contributed by atoms with E-state index in [1.54, 1.807) is 49.4 Å². The quantitative estimate of drug-likeness (QED) is 0.727. The number of amides is 1. The molecule has 7 heteroatoms. The molecule has 0 spiro atoms. The van der Waals surface area contributed by atoms with Gasteiger partial charge in [-0.1, -0.05) is 24.1 Å². The molecular weight excluding hydrogens is 386 g/mol. The van der Waals surface area contributed by atoms with Crippen molar-refractivity contribution in [2.75, 3.05) is 30.9 Å². The summed E-state index contributed by atoms with van der Waals surface area (Å²) in [5.41, 5.74) is 2.69. The first-order valence-corrected chi connectivity index (χ1v) is 11.5. The molecule has 1 aliphatic rings. The third-order valence-corrected chi connectivity index (χ3v) is 6.61. The summed E-state index contributed by atoms with van der Waals surface area (Å²) >= 11 is 0. The van der Waals surface area contributed by atoms with E-state index in [1.807, 2.05) is 6.92 Å². The predicted molar refractivity (Wildman–Crippen MR) is 116 cm³/mol. The van der Waals surface area contributed by atoms with Crippen LogP contribution in [-0.4, -0.2) is 45.4 Å². The van der Waals surface area contributed by atoms with Crippen LogP contribution in [0.2, 0.25) is 0 Å². The molecule has 1 amide bonds. The second-order valence-corrected chi connectivity index (χ2v) is 9.29. The number of rotatable bonds is 7. The number of sulfonamides is 1. The highest BCUT2D eigenvalue weighted by Crippen LogP contribution is 2.21. The van der Waals surface area contributed by atoms with Gasteiger partial charge in [0, 0.05) is 18.7 Å². The summed E-state index contributed by atoms with van der Waals surface area (Å²) in [6, 6.07) is 11.7. The Labute approximate surface area is 173 Å². The lowest BCUT2D eigenvalue weighted by Crippen LogP contribution is -2.37. The fraction of sp³-hybridized carbons (Fsp3) is 0.409. The second-order valence-electron chi connectivity index (χ2n) is 7.61. The highest BCUT2D eigenvalue weighted by atomic mass is 32.2. The Balaban J connectivity index is 1.60. The van der Waals surface area contributed by atoms with E-state index in [1.165, 1.54) is 19.3 Å². The van der Waals surface area contributed by atoms with Crippen LogP contribution in [0.4, 0.5) is 5.69 Å².